The molecule has 3 N–H and O–H groups in total. The fourth-order valence-corrected chi connectivity index (χ4v) is 2.08. The van der Waals surface area contributed by atoms with Gasteiger partial charge in [-0.25, -0.2) is 4.39 Å². The first-order valence-corrected chi connectivity index (χ1v) is 7.20. The van der Waals surface area contributed by atoms with E-state index in [9.17, 15) is 19.1 Å². The van der Waals surface area contributed by atoms with Crippen LogP contribution < -0.4 is 5.32 Å². The van der Waals surface area contributed by atoms with E-state index in [0.717, 1.165) is 5.69 Å². The summed E-state index contributed by atoms with van der Waals surface area (Å²) in [5.41, 5.74) is 1.45. The molecule has 0 saturated carbocycles. The maximum atomic E-state index is 12.9. The van der Waals surface area contributed by atoms with Gasteiger partial charge in [0.15, 0.2) is 0 Å². The minimum Gasteiger partial charge on any atom is -0.481 e. The number of aromatic amines is 1. The number of nitrogens with one attached hydrogen (secondary N) is 2. The van der Waals surface area contributed by atoms with E-state index in [-0.39, 0.29) is 18.2 Å². The van der Waals surface area contributed by atoms with Gasteiger partial charge >= 0.3 is 5.97 Å². The summed E-state index contributed by atoms with van der Waals surface area (Å²) in [5, 5.41) is 18.5. The van der Waals surface area contributed by atoms with Crippen LogP contribution >= 0.6 is 0 Å². The fourth-order valence-electron chi connectivity index (χ4n) is 2.08. The molecular weight excluding hydrogens is 301 g/mol. The van der Waals surface area contributed by atoms with Crippen molar-refractivity contribution in [1.82, 2.24) is 15.5 Å². The molecule has 1 unspecified atom stereocenters. The maximum Gasteiger partial charge on any atom is 0.312 e. The average Bonchev–Trinajstić information content (AvgIpc) is 2.99. The summed E-state index contributed by atoms with van der Waals surface area (Å²) < 4.78 is 12.9. The van der Waals surface area contributed by atoms with Gasteiger partial charge in [0.05, 0.1) is 5.92 Å². The van der Waals surface area contributed by atoms with Crippen molar-refractivity contribution < 1.29 is 19.1 Å². The third-order valence-electron chi connectivity index (χ3n) is 3.49. The van der Waals surface area contributed by atoms with E-state index in [0.29, 0.717) is 5.56 Å². The molecule has 1 heterocycles. The van der Waals surface area contributed by atoms with Crippen LogP contribution in [0.25, 0.3) is 0 Å². The number of aromatic nitrogens is 2. The zero-order chi connectivity index (χ0) is 17.0. The third kappa shape index (κ3) is 4.15. The largest absolute Gasteiger partial charge is 0.481 e. The Morgan fingerprint density at radius 1 is 1.30 bits per heavy atom. The molecule has 0 aliphatic rings. The van der Waals surface area contributed by atoms with Crippen molar-refractivity contribution in [2.24, 2.45) is 0 Å². The van der Waals surface area contributed by atoms with Crippen molar-refractivity contribution in [2.75, 3.05) is 6.54 Å². The van der Waals surface area contributed by atoms with Crippen LogP contribution in [0, 0.1) is 5.82 Å². The van der Waals surface area contributed by atoms with E-state index in [4.69, 9.17) is 0 Å². The lowest BCUT2D eigenvalue weighted by molar-refractivity contribution is -0.138. The van der Waals surface area contributed by atoms with E-state index in [1.165, 1.54) is 24.3 Å². The van der Waals surface area contributed by atoms with Crippen LogP contribution in [0.1, 0.15) is 47.4 Å². The van der Waals surface area contributed by atoms with E-state index in [1.54, 1.807) is 6.07 Å². The molecule has 0 saturated heterocycles. The molecule has 0 fully saturated rings. The maximum absolute atomic E-state index is 12.9. The van der Waals surface area contributed by atoms with Crippen molar-refractivity contribution in [3.8, 4) is 0 Å². The topological polar surface area (TPSA) is 95.1 Å². The van der Waals surface area contributed by atoms with Crippen LogP contribution in [0.3, 0.4) is 0 Å². The number of nitrogens with zero attached hydrogens (tertiary/aromatic N) is 1. The number of benzene rings is 1. The predicted octanol–water partition coefficient (Wildman–Crippen LogP) is 2.27. The van der Waals surface area contributed by atoms with Gasteiger partial charge in [0.1, 0.15) is 11.5 Å². The number of hydrogen-bond acceptors (Lipinski definition) is 3. The average molecular weight is 319 g/mol. The van der Waals surface area contributed by atoms with Crippen LogP contribution in [0.5, 0.6) is 0 Å². The molecule has 1 aromatic carbocycles. The van der Waals surface area contributed by atoms with Crippen molar-refractivity contribution in [2.45, 2.75) is 25.7 Å². The number of amides is 1. The van der Waals surface area contributed by atoms with Gasteiger partial charge in [0.2, 0.25) is 0 Å². The lowest BCUT2D eigenvalue weighted by Crippen LogP contribution is -2.32. The number of carbonyl (C=O) groups excluding carboxylic acids is 1. The first kappa shape index (κ1) is 16.7. The number of carboxylic acid groups (broad SMARTS) is 1. The van der Waals surface area contributed by atoms with Gasteiger partial charge in [-0.1, -0.05) is 26.0 Å². The molecule has 0 radical (unpaired) electrons. The van der Waals surface area contributed by atoms with Gasteiger partial charge in [0, 0.05) is 12.2 Å². The normalized spacial score (nSPS) is 12.2. The summed E-state index contributed by atoms with van der Waals surface area (Å²) in [4.78, 5) is 23.4. The molecule has 0 bridgehead atoms. The second-order valence-corrected chi connectivity index (χ2v) is 5.52. The van der Waals surface area contributed by atoms with Crippen LogP contribution in [-0.4, -0.2) is 33.7 Å². The van der Waals surface area contributed by atoms with Crippen LogP contribution in [0.4, 0.5) is 4.39 Å². The zero-order valence-electron chi connectivity index (χ0n) is 12.8. The minimum atomic E-state index is -1.10. The smallest absolute Gasteiger partial charge is 0.312 e. The second-order valence-electron chi connectivity index (χ2n) is 5.52. The van der Waals surface area contributed by atoms with E-state index in [1.807, 2.05) is 13.8 Å². The molecule has 0 aliphatic heterocycles. The minimum absolute atomic E-state index is 0.107. The molecule has 0 spiro atoms. The standard InChI is InChI=1S/C16H18FN3O3/c1-9(2)13-7-14(20-19-13)15(21)18-8-12(16(22)23)10-3-5-11(17)6-4-10/h3-7,9,12H,8H2,1-2H3,(H,18,21)(H,19,20)(H,22,23). The van der Waals surface area contributed by atoms with Crippen LogP contribution in [-0.2, 0) is 4.79 Å². The van der Waals surface area contributed by atoms with Crippen molar-refractivity contribution in [3.05, 3.63) is 53.1 Å². The molecule has 2 aromatic rings. The van der Waals surface area contributed by atoms with Gasteiger partial charge in [-0.05, 0) is 29.7 Å². The van der Waals surface area contributed by atoms with Crippen molar-refractivity contribution in [3.63, 3.8) is 0 Å². The van der Waals surface area contributed by atoms with E-state index in [2.05, 4.69) is 15.5 Å². The summed E-state index contributed by atoms with van der Waals surface area (Å²) in [6.07, 6.45) is 0. The predicted molar refractivity (Wildman–Crippen MR) is 81.8 cm³/mol. The number of hydrogen-bond donors (Lipinski definition) is 3. The Bertz CT molecular complexity index is 695. The highest BCUT2D eigenvalue weighted by molar-refractivity contribution is 5.92. The Kier molecular flexibility index (Phi) is 5.10. The van der Waals surface area contributed by atoms with Crippen molar-refractivity contribution >= 4 is 11.9 Å². The highest BCUT2D eigenvalue weighted by atomic mass is 19.1. The molecule has 6 nitrogen and oxygen atoms in total. The molecule has 1 aromatic heterocycles. The van der Waals surface area contributed by atoms with Gasteiger partial charge < -0.3 is 10.4 Å². The highest BCUT2D eigenvalue weighted by Crippen LogP contribution is 2.16. The monoisotopic (exact) mass is 319 g/mol. The molecule has 23 heavy (non-hydrogen) atoms. The summed E-state index contributed by atoms with van der Waals surface area (Å²) in [7, 11) is 0. The molecule has 1 atom stereocenters. The highest BCUT2D eigenvalue weighted by Gasteiger charge is 2.22. The molecular formula is C16H18FN3O3. The fraction of sp³-hybridized carbons (Fsp3) is 0.312. The van der Waals surface area contributed by atoms with Gasteiger partial charge in [0.25, 0.3) is 5.91 Å². The first-order chi connectivity index (χ1) is 10.9. The van der Waals surface area contributed by atoms with Gasteiger partial charge in [-0.2, -0.15) is 5.10 Å². The molecule has 7 heteroatoms. The van der Waals surface area contributed by atoms with Crippen LogP contribution in [0.2, 0.25) is 0 Å². The Hall–Kier alpha value is -2.70. The zero-order valence-corrected chi connectivity index (χ0v) is 12.8. The number of H-pyrrole nitrogens is 1. The Labute approximate surface area is 132 Å². The Morgan fingerprint density at radius 3 is 2.48 bits per heavy atom. The lowest BCUT2D eigenvalue weighted by atomic mass is 9.99. The van der Waals surface area contributed by atoms with E-state index >= 15 is 0 Å². The quantitative estimate of drug-likeness (QED) is 0.761. The second kappa shape index (κ2) is 7.04. The van der Waals surface area contributed by atoms with E-state index < -0.39 is 23.6 Å². The Balaban J connectivity index is 2.04. The first-order valence-electron chi connectivity index (χ1n) is 7.20. The SMILES string of the molecule is CC(C)c1cc(C(=O)NCC(C(=O)O)c2ccc(F)cc2)n[nH]1. The van der Waals surface area contributed by atoms with Gasteiger partial charge in [-0.15, -0.1) is 0 Å². The third-order valence-corrected chi connectivity index (χ3v) is 3.49. The summed E-state index contributed by atoms with van der Waals surface area (Å²) >= 11 is 0. The number of carboxylic acids is 1. The summed E-state index contributed by atoms with van der Waals surface area (Å²) in [6.45, 7) is 3.82. The van der Waals surface area contributed by atoms with Gasteiger partial charge in [-0.3, -0.25) is 14.7 Å². The molecule has 0 aliphatic carbocycles. The lowest BCUT2D eigenvalue weighted by Gasteiger charge is -2.13. The Morgan fingerprint density at radius 2 is 1.96 bits per heavy atom. The number of carbonyl (C=O) groups is 2. The molecule has 2 rings (SSSR count). The number of aliphatic carboxylic acids is 1. The summed E-state index contributed by atoms with van der Waals surface area (Å²) in [5.74, 6) is -2.75. The molecule has 122 valence electrons. The van der Waals surface area contributed by atoms with Crippen LogP contribution in [0.15, 0.2) is 30.3 Å². The number of halogens is 1. The van der Waals surface area contributed by atoms with Crippen molar-refractivity contribution in [1.29, 1.82) is 0 Å². The summed E-state index contributed by atoms with van der Waals surface area (Å²) in [6, 6.07) is 6.80. The molecule has 1 amide bonds. The number of rotatable bonds is 6.